The SMILES string of the molecule is O=c1[nH]c(-c2cccc(O)c2)nc2ccccc12.[Ac]. The minimum atomic E-state index is -0.182. The first-order chi connectivity index (χ1) is 8.74. The summed E-state index contributed by atoms with van der Waals surface area (Å²) in [7, 11) is 0. The van der Waals surface area contributed by atoms with Gasteiger partial charge in [-0.15, -0.1) is 0 Å². The molecule has 0 bridgehead atoms. The van der Waals surface area contributed by atoms with Crippen LogP contribution in [0.5, 0.6) is 5.75 Å². The van der Waals surface area contributed by atoms with Crippen LogP contribution in [0.25, 0.3) is 22.3 Å². The molecular formula is C14H10AcN2O2. The van der Waals surface area contributed by atoms with E-state index in [4.69, 9.17) is 0 Å². The van der Waals surface area contributed by atoms with Crippen molar-refractivity contribution in [2.24, 2.45) is 0 Å². The number of phenolic OH excluding ortho intramolecular Hbond substituents is 1. The van der Waals surface area contributed by atoms with Gasteiger partial charge in [0.1, 0.15) is 11.6 Å². The van der Waals surface area contributed by atoms with Gasteiger partial charge in [0, 0.05) is 49.6 Å². The number of phenols is 1. The molecule has 19 heavy (non-hydrogen) atoms. The number of hydrogen-bond acceptors (Lipinski definition) is 3. The number of hydrogen-bond donors (Lipinski definition) is 2. The Hall–Kier alpha value is -1.18. The van der Waals surface area contributed by atoms with Gasteiger partial charge >= 0.3 is 0 Å². The van der Waals surface area contributed by atoms with Crippen molar-refractivity contribution in [3.8, 4) is 17.1 Å². The molecule has 1 aromatic heterocycles. The van der Waals surface area contributed by atoms with Crippen molar-refractivity contribution in [1.82, 2.24) is 9.97 Å². The molecule has 91 valence electrons. The van der Waals surface area contributed by atoms with Gasteiger partial charge in [-0.25, -0.2) is 4.98 Å². The largest absolute Gasteiger partial charge is 0.508 e. The van der Waals surface area contributed by atoms with E-state index in [0.29, 0.717) is 22.3 Å². The van der Waals surface area contributed by atoms with Gasteiger partial charge in [-0.1, -0.05) is 24.3 Å². The molecule has 2 aromatic carbocycles. The Labute approximate surface area is 145 Å². The monoisotopic (exact) mass is 465 g/mol. The predicted octanol–water partition coefficient (Wildman–Crippen LogP) is 2.30. The van der Waals surface area contributed by atoms with Gasteiger partial charge in [0.2, 0.25) is 0 Å². The van der Waals surface area contributed by atoms with E-state index >= 15 is 0 Å². The maximum Gasteiger partial charge on any atom is 0.259 e. The van der Waals surface area contributed by atoms with Crippen molar-refractivity contribution >= 4 is 10.9 Å². The smallest absolute Gasteiger partial charge is 0.259 e. The van der Waals surface area contributed by atoms with Crippen LogP contribution in [0, 0.1) is 44.1 Å². The number of fused-ring (bicyclic) bond motifs is 1. The van der Waals surface area contributed by atoms with Crippen LogP contribution >= 0.6 is 0 Å². The second-order valence-electron chi connectivity index (χ2n) is 3.98. The van der Waals surface area contributed by atoms with Gasteiger partial charge in [0.05, 0.1) is 10.9 Å². The molecule has 0 aliphatic rings. The van der Waals surface area contributed by atoms with E-state index in [9.17, 15) is 9.90 Å². The fourth-order valence-corrected chi connectivity index (χ4v) is 1.88. The molecule has 1 radical (unpaired) electrons. The molecule has 1 heterocycles. The first-order valence-electron chi connectivity index (χ1n) is 5.52. The van der Waals surface area contributed by atoms with Crippen LogP contribution in [0.2, 0.25) is 0 Å². The Morgan fingerprint density at radius 2 is 1.84 bits per heavy atom. The average molecular weight is 465 g/mol. The molecule has 0 aliphatic heterocycles. The summed E-state index contributed by atoms with van der Waals surface area (Å²) in [4.78, 5) is 19.0. The van der Waals surface area contributed by atoms with E-state index in [1.165, 1.54) is 0 Å². The van der Waals surface area contributed by atoms with E-state index in [2.05, 4.69) is 9.97 Å². The maximum absolute atomic E-state index is 11.9. The average Bonchev–Trinajstić information content (AvgIpc) is 2.39. The van der Waals surface area contributed by atoms with Crippen LogP contribution in [0.15, 0.2) is 53.3 Å². The summed E-state index contributed by atoms with van der Waals surface area (Å²) in [5, 5.41) is 9.99. The zero-order chi connectivity index (χ0) is 12.5. The van der Waals surface area contributed by atoms with Crippen molar-refractivity contribution in [3.05, 3.63) is 58.9 Å². The van der Waals surface area contributed by atoms with Gasteiger partial charge < -0.3 is 10.1 Å². The van der Waals surface area contributed by atoms with Crippen molar-refractivity contribution in [2.75, 3.05) is 0 Å². The number of aromatic nitrogens is 2. The summed E-state index contributed by atoms with van der Waals surface area (Å²) in [6, 6.07) is 13.8. The van der Waals surface area contributed by atoms with E-state index in [0.717, 1.165) is 0 Å². The molecule has 0 amide bonds. The van der Waals surface area contributed by atoms with Crippen molar-refractivity contribution in [3.63, 3.8) is 0 Å². The Morgan fingerprint density at radius 1 is 1.05 bits per heavy atom. The number of benzene rings is 2. The van der Waals surface area contributed by atoms with Crippen LogP contribution in [-0.4, -0.2) is 15.1 Å². The van der Waals surface area contributed by atoms with Crippen LogP contribution in [0.3, 0.4) is 0 Å². The van der Waals surface area contributed by atoms with Gasteiger partial charge in [-0.2, -0.15) is 0 Å². The summed E-state index contributed by atoms with van der Waals surface area (Å²) in [5.41, 5.74) is 1.14. The van der Waals surface area contributed by atoms with E-state index in [1.807, 2.05) is 6.07 Å². The number of H-pyrrole nitrogens is 1. The predicted molar refractivity (Wildman–Crippen MR) is 69.5 cm³/mol. The molecule has 0 fully saturated rings. The Bertz CT molecular complexity index is 783. The third kappa shape index (κ3) is 2.88. The maximum atomic E-state index is 11.9. The fraction of sp³-hybridized carbons (Fsp3) is 0. The number of para-hydroxylation sites is 1. The molecule has 0 spiro atoms. The van der Waals surface area contributed by atoms with Crippen molar-refractivity contribution < 1.29 is 49.2 Å². The zero-order valence-corrected chi connectivity index (χ0v) is 14.7. The second kappa shape index (κ2) is 5.85. The van der Waals surface area contributed by atoms with E-state index < -0.39 is 0 Å². The topological polar surface area (TPSA) is 66.0 Å². The van der Waals surface area contributed by atoms with Gasteiger partial charge in [-0.05, 0) is 24.3 Å². The fourth-order valence-electron chi connectivity index (χ4n) is 1.88. The van der Waals surface area contributed by atoms with Crippen molar-refractivity contribution in [1.29, 1.82) is 0 Å². The van der Waals surface area contributed by atoms with E-state index in [-0.39, 0.29) is 55.4 Å². The summed E-state index contributed by atoms with van der Waals surface area (Å²) in [6.07, 6.45) is 0. The molecular weight excluding hydrogens is 455 g/mol. The number of aromatic hydroxyl groups is 1. The standard InChI is InChI=1S/C14H10N2O2.Ac/c17-10-5-3-4-9(8-10)13-15-12-7-2-1-6-11(12)14(18)16-13;/h1-8,17H,(H,15,16,18);. The molecule has 0 atom stereocenters. The Kier molecular flexibility index (Phi) is 4.39. The summed E-state index contributed by atoms with van der Waals surface area (Å²) < 4.78 is 0. The van der Waals surface area contributed by atoms with Crippen LogP contribution in [0.1, 0.15) is 0 Å². The minimum Gasteiger partial charge on any atom is -0.508 e. The number of nitrogens with one attached hydrogen (secondary N) is 1. The molecule has 3 rings (SSSR count). The summed E-state index contributed by atoms with van der Waals surface area (Å²) in [6.45, 7) is 0. The molecule has 0 saturated heterocycles. The zero-order valence-electron chi connectivity index (χ0n) is 10.00. The number of rotatable bonds is 1. The molecule has 3 aromatic rings. The van der Waals surface area contributed by atoms with Crippen LogP contribution in [0.4, 0.5) is 0 Å². The summed E-state index contributed by atoms with van der Waals surface area (Å²) >= 11 is 0. The second-order valence-corrected chi connectivity index (χ2v) is 3.98. The van der Waals surface area contributed by atoms with Crippen LogP contribution in [-0.2, 0) is 0 Å². The van der Waals surface area contributed by atoms with Gasteiger partial charge in [0.15, 0.2) is 0 Å². The Balaban J connectivity index is 0.00000133. The van der Waals surface area contributed by atoms with Crippen LogP contribution < -0.4 is 5.56 Å². The molecule has 5 heteroatoms. The van der Waals surface area contributed by atoms with E-state index in [1.54, 1.807) is 42.5 Å². The third-order valence-corrected chi connectivity index (χ3v) is 2.73. The number of aromatic amines is 1. The Morgan fingerprint density at radius 3 is 2.63 bits per heavy atom. The first-order valence-corrected chi connectivity index (χ1v) is 5.52. The molecule has 4 nitrogen and oxygen atoms in total. The third-order valence-electron chi connectivity index (χ3n) is 2.73. The van der Waals surface area contributed by atoms with Gasteiger partial charge in [0.25, 0.3) is 5.56 Å². The molecule has 0 unspecified atom stereocenters. The normalized spacial score (nSPS) is 10.1. The molecule has 2 N–H and O–H groups in total. The van der Waals surface area contributed by atoms with Gasteiger partial charge in [-0.3, -0.25) is 4.79 Å². The van der Waals surface area contributed by atoms with Crippen molar-refractivity contribution in [2.45, 2.75) is 0 Å². The molecule has 0 saturated carbocycles. The summed E-state index contributed by atoms with van der Waals surface area (Å²) in [5.74, 6) is 0.595. The number of nitrogens with zero attached hydrogens (tertiary/aromatic N) is 1. The first kappa shape index (κ1) is 14.2. The quantitative estimate of drug-likeness (QED) is 0.580. The molecule has 0 aliphatic carbocycles. The minimum absolute atomic E-state index is 0.